The molecular weight excluding hydrogens is 355 g/mol. The fourth-order valence-corrected chi connectivity index (χ4v) is 3.79. The van der Waals surface area contributed by atoms with Crippen LogP contribution >= 0.6 is 0 Å². The van der Waals surface area contributed by atoms with Gasteiger partial charge in [-0.3, -0.25) is 4.57 Å². The molecule has 0 spiro atoms. The summed E-state index contributed by atoms with van der Waals surface area (Å²) in [6.45, 7) is 4.59. The second kappa shape index (κ2) is 8.67. The third kappa shape index (κ3) is 4.31. The van der Waals surface area contributed by atoms with E-state index in [4.69, 9.17) is 10.7 Å². The molecule has 0 amide bonds. The second-order valence-corrected chi connectivity index (χ2v) is 7.40. The molecule has 0 radical (unpaired) electrons. The molecule has 1 aliphatic heterocycles. The van der Waals surface area contributed by atoms with Crippen molar-refractivity contribution >= 4 is 17.1 Å². The van der Waals surface area contributed by atoms with E-state index in [-0.39, 0.29) is 5.82 Å². The Morgan fingerprint density at radius 2 is 1.93 bits per heavy atom. The number of hydrogen-bond donors (Lipinski definition) is 2. The smallest absolute Gasteiger partial charge is 0.205 e. The van der Waals surface area contributed by atoms with Crippen molar-refractivity contribution in [2.24, 2.45) is 5.73 Å². The van der Waals surface area contributed by atoms with Gasteiger partial charge in [-0.2, -0.15) is 0 Å². The summed E-state index contributed by atoms with van der Waals surface area (Å²) in [5.41, 5.74) is 8.35. The van der Waals surface area contributed by atoms with E-state index in [1.54, 1.807) is 6.20 Å². The molecule has 6 nitrogen and oxygen atoms in total. The number of nitrogens with two attached hydrogens (primary N) is 1. The Bertz CT molecular complexity index is 899. The van der Waals surface area contributed by atoms with E-state index in [2.05, 4.69) is 19.8 Å². The Balaban J connectivity index is 1.51. The third-order valence-electron chi connectivity index (χ3n) is 5.36. The molecule has 0 saturated carbocycles. The highest BCUT2D eigenvalue weighted by molar-refractivity contribution is 5.74. The fraction of sp³-hybridized carbons (Fsp3) is 0.429. The second-order valence-electron chi connectivity index (χ2n) is 7.40. The summed E-state index contributed by atoms with van der Waals surface area (Å²) >= 11 is 0. The van der Waals surface area contributed by atoms with E-state index in [0.717, 1.165) is 68.1 Å². The van der Waals surface area contributed by atoms with Crippen molar-refractivity contribution in [1.29, 1.82) is 0 Å². The van der Waals surface area contributed by atoms with Gasteiger partial charge in [0.1, 0.15) is 11.3 Å². The fourth-order valence-electron chi connectivity index (χ4n) is 3.79. The van der Waals surface area contributed by atoms with E-state index in [1.807, 2.05) is 24.3 Å². The molecule has 2 aromatic heterocycles. The number of aromatic nitrogens is 3. The Kier molecular flexibility index (Phi) is 5.83. The number of fused-ring (bicyclic) bond motifs is 1. The Morgan fingerprint density at radius 3 is 2.68 bits per heavy atom. The van der Waals surface area contributed by atoms with Crippen LogP contribution in [0.5, 0.6) is 0 Å². The standard InChI is InChI=1S/C21H27FN6/c22-17-6-4-16(5-7-17)15-28-20-19(3-1-11-24-20)26-21(28)25-18-8-13-27(14-9-18)12-2-10-23/h1,3-7,11,18H,2,8-10,12-15,23H2,(H,25,26). The molecule has 1 aliphatic rings. The van der Waals surface area contributed by atoms with Crippen LogP contribution in [0.15, 0.2) is 42.6 Å². The van der Waals surface area contributed by atoms with Gasteiger partial charge in [0.15, 0.2) is 5.65 Å². The van der Waals surface area contributed by atoms with Crippen molar-refractivity contribution in [2.75, 3.05) is 31.5 Å². The van der Waals surface area contributed by atoms with E-state index >= 15 is 0 Å². The minimum Gasteiger partial charge on any atom is -0.353 e. The molecule has 0 aliphatic carbocycles. The zero-order valence-electron chi connectivity index (χ0n) is 16.0. The highest BCUT2D eigenvalue weighted by atomic mass is 19.1. The van der Waals surface area contributed by atoms with Gasteiger partial charge in [0.05, 0.1) is 6.54 Å². The number of likely N-dealkylation sites (tertiary alicyclic amines) is 1. The summed E-state index contributed by atoms with van der Waals surface area (Å²) in [5, 5.41) is 3.63. The van der Waals surface area contributed by atoms with Crippen molar-refractivity contribution in [3.63, 3.8) is 0 Å². The largest absolute Gasteiger partial charge is 0.353 e. The zero-order chi connectivity index (χ0) is 19.3. The highest BCUT2D eigenvalue weighted by Crippen LogP contribution is 2.22. The molecule has 1 saturated heterocycles. The van der Waals surface area contributed by atoms with Gasteiger partial charge in [0.25, 0.3) is 0 Å². The third-order valence-corrected chi connectivity index (χ3v) is 5.36. The maximum atomic E-state index is 13.3. The van der Waals surface area contributed by atoms with Crippen LogP contribution in [0, 0.1) is 5.82 Å². The van der Waals surface area contributed by atoms with Gasteiger partial charge in [0, 0.05) is 25.3 Å². The van der Waals surface area contributed by atoms with E-state index < -0.39 is 0 Å². The molecule has 1 fully saturated rings. The lowest BCUT2D eigenvalue weighted by molar-refractivity contribution is 0.217. The molecular formula is C21H27FN6. The Labute approximate surface area is 164 Å². The topological polar surface area (TPSA) is 72.0 Å². The molecule has 3 N–H and O–H groups in total. The average Bonchev–Trinajstić information content (AvgIpc) is 3.06. The van der Waals surface area contributed by atoms with Crippen molar-refractivity contribution in [1.82, 2.24) is 19.4 Å². The predicted octanol–water partition coefficient (Wildman–Crippen LogP) is 2.84. The van der Waals surface area contributed by atoms with Crippen LogP contribution in [-0.2, 0) is 6.54 Å². The number of rotatable bonds is 7. The predicted molar refractivity (Wildman–Crippen MR) is 110 cm³/mol. The van der Waals surface area contributed by atoms with Crippen molar-refractivity contribution < 1.29 is 4.39 Å². The van der Waals surface area contributed by atoms with E-state index in [0.29, 0.717) is 12.6 Å². The van der Waals surface area contributed by atoms with Crippen LogP contribution in [0.3, 0.4) is 0 Å². The molecule has 3 heterocycles. The quantitative estimate of drug-likeness (QED) is 0.657. The number of piperidine rings is 1. The normalized spacial score (nSPS) is 15.9. The van der Waals surface area contributed by atoms with Crippen LogP contribution < -0.4 is 11.1 Å². The summed E-state index contributed by atoms with van der Waals surface area (Å²) in [4.78, 5) is 11.8. The number of nitrogens with one attached hydrogen (secondary N) is 1. The van der Waals surface area contributed by atoms with Crippen LogP contribution in [0.1, 0.15) is 24.8 Å². The van der Waals surface area contributed by atoms with Crippen LogP contribution in [0.4, 0.5) is 10.3 Å². The summed E-state index contributed by atoms with van der Waals surface area (Å²) < 4.78 is 15.3. The number of imidazole rings is 1. The zero-order valence-corrected chi connectivity index (χ0v) is 16.0. The average molecular weight is 382 g/mol. The summed E-state index contributed by atoms with van der Waals surface area (Å²) in [6, 6.07) is 10.9. The van der Waals surface area contributed by atoms with Crippen LogP contribution in [0.2, 0.25) is 0 Å². The molecule has 0 bridgehead atoms. The SMILES string of the molecule is NCCCN1CCC(Nc2nc3cccnc3n2Cc2ccc(F)cc2)CC1. The van der Waals surface area contributed by atoms with Gasteiger partial charge in [-0.1, -0.05) is 12.1 Å². The van der Waals surface area contributed by atoms with Crippen LogP contribution in [-0.4, -0.2) is 51.7 Å². The van der Waals surface area contributed by atoms with Gasteiger partial charge >= 0.3 is 0 Å². The maximum Gasteiger partial charge on any atom is 0.205 e. The van der Waals surface area contributed by atoms with Crippen molar-refractivity contribution in [3.05, 3.63) is 54.0 Å². The summed E-state index contributed by atoms with van der Waals surface area (Å²) in [7, 11) is 0. The number of pyridine rings is 1. The molecule has 1 aromatic carbocycles. The first-order valence-corrected chi connectivity index (χ1v) is 9.97. The van der Waals surface area contributed by atoms with E-state index in [1.165, 1.54) is 12.1 Å². The molecule has 0 atom stereocenters. The van der Waals surface area contributed by atoms with Gasteiger partial charge in [-0.05, 0) is 62.2 Å². The number of anilines is 1. The lowest BCUT2D eigenvalue weighted by atomic mass is 10.1. The number of hydrogen-bond acceptors (Lipinski definition) is 5. The molecule has 3 aromatic rings. The van der Waals surface area contributed by atoms with Gasteiger partial charge in [0.2, 0.25) is 5.95 Å². The van der Waals surface area contributed by atoms with E-state index in [9.17, 15) is 4.39 Å². The Hall–Kier alpha value is -2.51. The first-order valence-electron chi connectivity index (χ1n) is 9.97. The van der Waals surface area contributed by atoms with Crippen molar-refractivity contribution in [2.45, 2.75) is 31.8 Å². The first kappa shape index (κ1) is 18.8. The molecule has 0 unspecified atom stereocenters. The summed E-state index contributed by atoms with van der Waals surface area (Å²) in [6.07, 6.45) is 5.00. The minimum atomic E-state index is -0.225. The number of nitrogens with zero attached hydrogens (tertiary/aromatic N) is 4. The van der Waals surface area contributed by atoms with Gasteiger partial charge in [-0.15, -0.1) is 0 Å². The molecule has 28 heavy (non-hydrogen) atoms. The molecule has 7 heteroatoms. The Morgan fingerprint density at radius 1 is 1.14 bits per heavy atom. The number of halogens is 1. The van der Waals surface area contributed by atoms with Crippen molar-refractivity contribution in [3.8, 4) is 0 Å². The minimum absolute atomic E-state index is 0.225. The lowest BCUT2D eigenvalue weighted by Crippen LogP contribution is -2.40. The first-order chi connectivity index (χ1) is 13.7. The molecule has 148 valence electrons. The summed E-state index contributed by atoms with van der Waals surface area (Å²) in [5.74, 6) is 0.607. The van der Waals surface area contributed by atoms with Gasteiger partial charge in [-0.25, -0.2) is 14.4 Å². The monoisotopic (exact) mass is 382 g/mol. The van der Waals surface area contributed by atoms with Crippen LogP contribution in [0.25, 0.3) is 11.2 Å². The lowest BCUT2D eigenvalue weighted by Gasteiger charge is -2.32. The number of benzene rings is 1. The van der Waals surface area contributed by atoms with Gasteiger partial charge < -0.3 is 16.0 Å². The molecule has 4 rings (SSSR count). The highest BCUT2D eigenvalue weighted by Gasteiger charge is 2.21. The maximum absolute atomic E-state index is 13.3.